The van der Waals surface area contributed by atoms with Crippen molar-refractivity contribution >= 4 is 11.6 Å². The Morgan fingerprint density at radius 1 is 1.00 bits per heavy atom. The monoisotopic (exact) mass is 320 g/mol. The van der Waals surface area contributed by atoms with Gasteiger partial charge in [0.15, 0.2) is 0 Å². The lowest BCUT2D eigenvalue weighted by atomic mass is 9.88. The fourth-order valence-corrected chi connectivity index (χ4v) is 2.73. The number of benzene rings is 2. The molecule has 2 atom stereocenters. The quantitative estimate of drug-likeness (QED) is 0.862. The van der Waals surface area contributed by atoms with E-state index in [9.17, 15) is 18.0 Å². The number of nitrogens with two attached hydrogens (primary N) is 1. The van der Waals surface area contributed by atoms with Crippen LogP contribution >= 0.6 is 0 Å². The van der Waals surface area contributed by atoms with E-state index < -0.39 is 17.8 Å². The molecule has 1 heterocycles. The van der Waals surface area contributed by atoms with E-state index in [0.717, 1.165) is 23.3 Å². The van der Waals surface area contributed by atoms with Gasteiger partial charge in [-0.25, -0.2) is 0 Å². The van der Waals surface area contributed by atoms with Crippen LogP contribution in [0.2, 0.25) is 0 Å². The highest BCUT2D eigenvalue weighted by Crippen LogP contribution is 2.39. The Hall–Kier alpha value is -2.34. The van der Waals surface area contributed by atoms with E-state index in [0.29, 0.717) is 5.69 Å². The van der Waals surface area contributed by atoms with Gasteiger partial charge in [0.05, 0.1) is 11.6 Å². The first-order chi connectivity index (χ1) is 10.8. The maximum Gasteiger partial charge on any atom is 0.416 e. The molecular formula is C17H15F3N2O. The summed E-state index contributed by atoms with van der Waals surface area (Å²) < 4.78 is 37.9. The number of amides is 1. The van der Waals surface area contributed by atoms with E-state index in [1.165, 1.54) is 17.0 Å². The van der Waals surface area contributed by atoms with Crippen molar-refractivity contribution in [1.82, 2.24) is 0 Å². The van der Waals surface area contributed by atoms with Gasteiger partial charge in [0, 0.05) is 5.69 Å². The van der Waals surface area contributed by atoms with E-state index in [2.05, 4.69) is 0 Å². The van der Waals surface area contributed by atoms with Crippen LogP contribution in [-0.4, -0.2) is 11.9 Å². The molecule has 6 heteroatoms. The first kappa shape index (κ1) is 15.6. The number of halogens is 3. The van der Waals surface area contributed by atoms with Crippen LogP contribution in [0.25, 0.3) is 0 Å². The zero-order chi connectivity index (χ0) is 16.8. The van der Waals surface area contributed by atoms with Crippen LogP contribution < -0.4 is 10.6 Å². The molecule has 0 spiro atoms. The molecule has 2 N–H and O–H groups in total. The van der Waals surface area contributed by atoms with Gasteiger partial charge in [-0.15, -0.1) is 0 Å². The predicted octanol–water partition coefficient (Wildman–Crippen LogP) is 3.43. The highest BCUT2D eigenvalue weighted by Gasteiger charge is 2.46. The standard InChI is InChI=1S/C17H15F3N2O/c1-10-2-4-11(5-3-10)15-14(21)16(23)22(15)13-8-6-12(7-9-13)17(18,19)20/h2-9,14-15H,21H2,1H3/t14-,15+/m1/s1. The zero-order valence-electron chi connectivity index (χ0n) is 12.3. The Morgan fingerprint density at radius 3 is 2.09 bits per heavy atom. The van der Waals surface area contributed by atoms with Crippen LogP contribution in [0.3, 0.4) is 0 Å². The van der Waals surface area contributed by atoms with Gasteiger partial charge in [-0.1, -0.05) is 29.8 Å². The predicted molar refractivity (Wildman–Crippen MR) is 80.8 cm³/mol. The van der Waals surface area contributed by atoms with Crippen LogP contribution in [0.1, 0.15) is 22.7 Å². The van der Waals surface area contributed by atoms with Gasteiger partial charge in [-0.3, -0.25) is 4.79 Å². The number of hydrogen-bond acceptors (Lipinski definition) is 2. The topological polar surface area (TPSA) is 46.3 Å². The molecule has 120 valence electrons. The fraction of sp³-hybridized carbons (Fsp3) is 0.235. The van der Waals surface area contributed by atoms with Crippen molar-refractivity contribution in [3.63, 3.8) is 0 Å². The van der Waals surface area contributed by atoms with Crippen molar-refractivity contribution in [2.24, 2.45) is 5.73 Å². The Bertz CT molecular complexity index is 723. The number of rotatable bonds is 2. The van der Waals surface area contributed by atoms with Crippen molar-refractivity contribution in [1.29, 1.82) is 0 Å². The highest BCUT2D eigenvalue weighted by molar-refractivity contribution is 6.05. The molecule has 23 heavy (non-hydrogen) atoms. The second-order valence-electron chi connectivity index (χ2n) is 5.63. The van der Waals surface area contributed by atoms with Gasteiger partial charge in [-0.2, -0.15) is 13.2 Å². The average Bonchev–Trinajstić information content (AvgIpc) is 2.52. The van der Waals surface area contributed by atoms with Crippen molar-refractivity contribution < 1.29 is 18.0 Å². The largest absolute Gasteiger partial charge is 0.416 e. The average molecular weight is 320 g/mol. The smallest absolute Gasteiger partial charge is 0.318 e. The van der Waals surface area contributed by atoms with E-state index >= 15 is 0 Å². The summed E-state index contributed by atoms with van der Waals surface area (Å²) in [7, 11) is 0. The molecule has 0 radical (unpaired) electrons. The minimum absolute atomic E-state index is 0.296. The van der Waals surface area contributed by atoms with Crippen molar-refractivity contribution in [3.05, 3.63) is 65.2 Å². The van der Waals surface area contributed by atoms with Crippen LogP contribution in [-0.2, 0) is 11.0 Å². The van der Waals surface area contributed by atoms with Crippen molar-refractivity contribution in [2.45, 2.75) is 25.2 Å². The fourth-order valence-electron chi connectivity index (χ4n) is 2.73. The number of alkyl halides is 3. The molecule has 3 nitrogen and oxygen atoms in total. The van der Waals surface area contributed by atoms with Gasteiger partial charge >= 0.3 is 6.18 Å². The summed E-state index contributed by atoms with van der Waals surface area (Å²) in [5.74, 6) is -0.296. The molecule has 1 fully saturated rings. The summed E-state index contributed by atoms with van der Waals surface area (Å²) in [6.45, 7) is 1.95. The lowest BCUT2D eigenvalue weighted by Gasteiger charge is -2.45. The number of carbonyl (C=O) groups is 1. The molecule has 1 saturated heterocycles. The Balaban J connectivity index is 1.91. The first-order valence-corrected chi connectivity index (χ1v) is 7.11. The summed E-state index contributed by atoms with van der Waals surface area (Å²) in [5, 5.41) is 0. The van der Waals surface area contributed by atoms with E-state index in [4.69, 9.17) is 5.73 Å². The third-order valence-corrected chi connectivity index (χ3v) is 4.03. The summed E-state index contributed by atoms with van der Waals surface area (Å²) in [5.41, 5.74) is 7.50. The molecule has 1 aliphatic heterocycles. The minimum Gasteiger partial charge on any atom is -0.318 e. The van der Waals surface area contributed by atoms with Gasteiger partial charge in [-0.05, 0) is 36.8 Å². The van der Waals surface area contributed by atoms with Gasteiger partial charge < -0.3 is 10.6 Å². The van der Waals surface area contributed by atoms with Crippen LogP contribution in [0, 0.1) is 6.92 Å². The van der Waals surface area contributed by atoms with E-state index in [1.807, 2.05) is 31.2 Å². The minimum atomic E-state index is -4.40. The third-order valence-electron chi connectivity index (χ3n) is 4.03. The summed E-state index contributed by atoms with van der Waals surface area (Å²) in [6, 6.07) is 11.1. The SMILES string of the molecule is Cc1ccc([C@H]2[C@@H](N)C(=O)N2c2ccc(C(F)(F)F)cc2)cc1. The molecule has 0 aromatic heterocycles. The lowest BCUT2D eigenvalue weighted by Crippen LogP contribution is -2.63. The maximum atomic E-state index is 12.6. The van der Waals surface area contributed by atoms with Gasteiger partial charge in [0.1, 0.15) is 6.04 Å². The maximum absolute atomic E-state index is 12.6. The summed E-state index contributed by atoms with van der Waals surface area (Å²) >= 11 is 0. The van der Waals surface area contributed by atoms with Crippen molar-refractivity contribution in [2.75, 3.05) is 4.90 Å². The molecule has 0 saturated carbocycles. The molecule has 1 amide bonds. The molecule has 3 rings (SSSR count). The molecule has 2 aromatic carbocycles. The number of hydrogen-bond donors (Lipinski definition) is 1. The molecular weight excluding hydrogens is 305 g/mol. The van der Waals surface area contributed by atoms with Crippen LogP contribution in [0.4, 0.5) is 18.9 Å². The Labute approximate surface area is 131 Å². The highest BCUT2D eigenvalue weighted by atomic mass is 19.4. The number of carbonyl (C=O) groups excluding carboxylic acids is 1. The summed E-state index contributed by atoms with van der Waals surface area (Å²) in [4.78, 5) is 13.5. The number of anilines is 1. The molecule has 0 bridgehead atoms. The Kier molecular flexibility index (Phi) is 3.64. The molecule has 0 unspecified atom stereocenters. The number of β-lactam (4-membered cyclic amide) rings is 1. The Morgan fingerprint density at radius 2 is 1.57 bits per heavy atom. The van der Waals surface area contributed by atoms with Crippen LogP contribution in [0.5, 0.6) is 0 Å². The third kappa shape index (κ3) is 2.70. The second kappa shape index (κ2) is 5.38. The van der Waals surface area contributed by atoms with Crippen molar-refractivity contribution in [3.8, 4) is 0 Å². The number of aryl methyl sites for hydroxylation is 1. The second-order valence-corrected chi connectivity index (χ2v) is 5.63. The lowest BCUT2D eigenvalue weighted by molar-refractivity contribution is -0.137. The molecule has 2 aromatic rings. The van der Waals surface area contributed by atoms with E-state index in [1.54, 1.807) is 0 Å². The van der Waals surface area contributed by atoms with E-state index in [-0.39, 0.29) is 11.9 Å². The summed E-state index contributed by atoms with van der Waals surface area (Å²) in [6.07, 6.45) is -4.40. The molecule has 1 aliphatic rings. The van der Waals surface area contributed by atoms with Crippen LogP contribution in [0.15, 0.2) is 48.5 Å². The first-order valence-electron chi connectivity index (χ1n) is 7.11. The van der Waals surface area contributed by atoms with Gasteiger partial charge in [0.25, 0.3) is 0 Å². The molecule has 0 aliphatic carbocycles. The number of nitrogens with zero attached hydrogens (tertiary/aromatic N) is 1. The zero-order valence-corrected chi connectivity index (χ0v) is 12.3. The normalized spacial score (nSPS) is 21.3. The van der Waals surface area contributed by atoms with Gasteiger partial charge in [0.2, 0.25) is 5.91 Å².